The summed E-state index contributed by atoms with van der Waals surface area (Å²) in [4.78, 5) is 13.1. The summed E-state index contributed by atoms with van der Waals surface area (Å²) in [6, 6.07) is 5.17. The van der Waals surface area contributed by atoms with Gasteiger partial charge >= 0.3 is 5.97 Å². The number of rotatable bonds is 3. The normalized spacial score (nSPS) is 19.9. The molecular formula is C13H16ClNO3. The maximum absolute atomic E-state index is 10.9. The van der Waals surface area contributed by atoms with Gasteiger partial charge < -0.3 is 14.7 Å². The fourth-order valence-electron chi connectivity index (χ4n) is 2.18. The first-order valence-electron chi connectivity index (χ1n) is 6.00. The number of carbonyl (C=O) groups is 1. The van der Waals surface area contributed by atoms with Gasteiger partial charge in [0.05, 0.1) is 35.5 Å². The van der Waals surface area contributed by atoms with E-state index < -0.39 is 5.97 Å². The van der Waals surface area contributed by atoms with Crippen LogP contribution in [0.5, 0.6) is 0 Å². The Morgan fingerprint density at radius 2 is 2.39 bits per heavy atom. The first-order valence-corrected chi connectivity index (χ1v) is 6.38. The molecule has 0 aromatic heterocycles. The number of halogens is 1. The van der Waals surface area contributed by atoms with Crippen molar-refractivity contribution in [1.29, 1.82) is 0 Å². The molecule has 18 heavy (non-hydrogen) atoms. The summed E-state index contributed by atoms with van der Waals surface area (Å²) in [6.07, 6.45) is 0.969. The minimum atomic E-state index is -0.961. The Morgan fingerprint density at radius 1 is 1.61 bits per heavy atom. The van der Waals surface area contributed by atoms with Crippen LogP contribution < -0.4 is 4.90 Å². The van der Waals surface area contributed by atoms with Crippen molar-refractivity contribution >= 4 is 23.3 Å². The number of ether oxygens (including phenoxy) is 1. The highest BCUT2D eigenvalue weighted by Gasteiger charge is 2.23. The van der Waals surface area contributed by atoms with Crippen molar-refractivity contribution in [2.24, 2.45) is 0 Å². The van der Waals surface area contributed by atoms with Gasteiger partial charge in [-0.3, -0.25) is 0 Å². The highest BCUT2D eigenvalue weighted by atomic mass is 35.5. The lowest BCUT2D eigenvalue weighted by Gasteiger charge is -2.37. The van der Waals surface area contributed by atoms with Gasteiger partial charge in [0.2, 0.25) is 0 Å². The van der Waals surface area contributed by atoms with E-state index in [1.807, 2.05) is 0 Å². The molecule has 0 saturated carbocycles. The SMILES string of the molecule is CCC1COCCN1c1ccc(C(=O)O)cc1Cl. The number of hydrogen-bond donors (Lipinski definition) is 1. The van der Waals surface area contributed by atoms with E-state index in [4.69, 9.17) is 21.4 Å². The molecule has 0 bridgehead atoms. The van der Waals surface area contributed by atoms with E-state index in [2.05, 4.69) is 11.8 Å². The molecule has 1 N–H and O–H groups in total. The van der Waals surface area contributed by atoms with E-state index in [0.29, 0.717) is 24.3 Å². The lowest BCUT2D eigenvalue weighted by Crippen LogP contribution is -2.45. The number of carboxylic acids is 1. The standard InChI is InChI=1S/C13H16ClNO3/c1-2-10-8-18-6-5-15(10)12-4-3-9(13(16)17)7-11(12)14/h3-4,7,10H,2,5-6,8H2,1H3,(H,16,17). The van der Waals surface area contributed by atoms with Gasteiger partial charge in [-0.05, 0) is 24.6 Å². The second kappa shape index (κ2) is 5.59. The first-order chi connectivity index (χ1) is 8.63. The average Bonchev–Trinajstić information content (AvgIpc) is 2.38. The Kier molecular flexibility index (Phi) is 4.09. The van der Waals surface area contributed by atoms with Crippen LogP contribution in [0.25, 0.3) is 0 Å². The molecule has 0 aliphatic carbocycles. The number of hydrogen-bond acceptors (Lipinski definition) is 3. The third-order valence-corrected chi connectivity index (χ3v) is 3.51. The van der Waals surface area contributed by atoms with Crippen molar-refractivity contribution in [3.63, 3.8) is 0 Å². The predicted octanol–water partition coefficient (Wildman–Crippen LogP) is 2.65. The maximum Gasteiger partial charge on any atom is 0.335 e. The van der Waals surface area contributed by atoms with Crippen LogP contribution in [-0.4, -0.2) is 36.9 Å². The second-order valence-corrected chi connectivity index (χ2v) is 4.71. The van der Waals surface area contributed by atoms with E-state index in [1.165, 1.54) is 6.07 Å². The van der Waals surface area contributed by atoms with Crippen LogP contribution in [0, 0.1) is 0 Å². The monoisotopic (exact) mass is 269 g/mol. The van der Waals surface area contributed by atoms with Gasteiger partial charge in [0.1, 0.15) is 0 Å². The molecular weight excluding hydrogens is 254 g/mol. The Labute approximate surface area is 111 Å². The van der Waals surface area contributed by atoms with Gasteiger partial charge in [0.15, 0.2) is 0 Å². The second-order valence-electron chi connectivity index (χ2n) is 4.30. The molecule has 1 atom stereocenters. The molecule has 1 saturated heterocycles. The van der Waals surface area contributed by atoms with E-state index in [-0.39, 0.29) is 5.56 Å². The van der Waals surface area contributed by atoms with Crippen molar-refractivity contribution in [3.8, 4) is 0 Å². The van der Waals surface area contributed by atoms with Crippen molar-refractivity contribution in [2.45, 2.75) is 19.4 Å². The summed E-state index contributed by atoms with van der Waals surface area (Å²) in [5.41, 5.74) is 1.10. The van der Waals surface area contributed by atoms with E-state index in [9.17, 15) is 4.79 Å². The minimum Gasteiger partial charge on any atom is -0.478 e. The Bertz CT molecular complexity index is 450. The average molecular weight is 270 g/mol. The van der Waals surface area contributed by atoms with Crippen LogP contribution in [0.15, 0.2) is 18.2 Å². The Balaban J connectivity index is 2.29. The van der Waals surface area contributed by atoms with Crippen LogP contribution in [0.4, 0.5) is 5.69 Å². The Hall–Kier alpha value is -1.26. The molecule has 1 aliphatic heterocycles. The van der Waals surface area contributed by atoms with Crippen LogP contribution in [0.2, 0.25) is 5.02 Å². The van der Waals surface area contributed by atoms with Crippen molar-refractivity contribution < 1.29 is 14.6 Å². The van der Waals surface area contributed by atoms with Gasteiger partial charge in [-0.1, -0.05) is 18.5 Å². The Morgan fingerprint density at radius 3 is 3.00 bits per heavy atom. The summed E-state index contributed by atoms with van der Waals surface area (Å²) in [6.45, 7) is 4.25. The quantitative estimate of drug-likeness (QED) is 0.917. The molecule has 98 valence electrons. The zero-order chi connectivity index (χ0) is 13.1. The lowest BCUT2D eigenvalue weighted by molar-refractivity contribution is 0.0696. The highest BCUT2D eigenvalue weighted by molar-refractivity contribution is 6.33. The molecule has 5 heteroatoms. The van der Waals surface area contributed by atoms with E-state index in [0.717, 1.165) is 18.7 Å². The summed E-state index contributed by atoms with van der Waals surface area (Å²) in [5, 5.41) is 9.40. The van der Waals surface area contributed by atoms with Gasteiger partial charge in [0.25, 0.3) is 0 Å². The summed E-state index contributed by atoms with van der Waals surface area (Å²) < 4.78 is 5.45. The molecule has 2 rings (SSSR count). The van der Waals surface area contributed by atoms with Crippen LogP contribution >= 0.6 is 11.6 Å². The third-order valence-electron chi connectivity index (χ3n) is 3.20. The molecule has 1 unspecified atom stereocenters. The third kappa shape index (κ3) is 2.60. The molecule has 1 fully saturated rings. The summed E-state index contributed by atoms with van der Waals surface area (Å²) in [7, 11) is 0. The zero-order valence-corrected chi connectivity index (χ0v) is 11.0. The van der Waals surface area contributed by atoms with Crippen molar-refractivity contribution in [3.05, 3.63) is 28.8 Å². The van der Waals surface area contributed by atoms with E-state index in [1.54, 1.807) is 12.1 Å². The fraction of sp³-hybridized carbons (Fsp3) is 0.462. The number of aromatic carboxylic acids is 1. The van der Waals surface area contributed by atoms with Gasteiger partial charge in [-0.2, -0.15) is 0 Å². The van der Waals surface area contributed by atoms with Crippen molar-refractivity contribution in [1.82, 2.24) is 0 Å². The lowest BCUT2D eigenvalue weighted by atomic mass is 10.1. The molecule has 1 heterocycles. The molecule has 1 aromatic carbocycles. The van der Waals surface area contributed by atoms with Crippen LogP contribution in [0.1, 0.15) is 23.7 Å². The summed E-state index contributed by atoms with van der Waals surface area (Å²) in [5.74, 6) is -0.961. The molecule has 1 aromatic rings. The highest BCUT2D eigenvalue weighted by Crippen LogP contribution is 2.30. The number of benzene rings is 1. The molecule has 0 spiro atoms. The first kappa shape index (κ1) is 13.2. The maximum atomic E-state index is 10.9. The minimum absolute atomic E-state index is 0.213. The van der Waals surface area contributed by atoms with E-state index >= 15 is 0 Å². The summed E-state index contributed by atoms with van der Waals surface area (Å²) >= 11 is 6.18. The smallest absolute Gasteiger partial charge is 0.335 e. The van der Waals surface area contributed by atoms with Crippen molar-refractivity contribution in [2.75, 3.05) is 24.7 Å². The molecule has 0 radical (unpaired) electrons. The molecule has 4 nitrogen and oxygen atoms in total. The fourth-order valence-corrected chi connectivity index (χ4v) is 2.47. The predicted molar refractivity (Wildman–Crippen MR) is 70.7 cm³/mol. The molecule has 0 amide bonds. The zero-order valence-electron chi connectivity index (χ0n) is 10.2. The number of nitrogens with zero attached hydrogens (tertiary/aromatic N) is 1. The van der Waals surface area contributed by atoms with Gasteiger partial charge in [-0.25, -0.2) is 4.79 Å². The van der Waals surface area contributed by atoms with Crippen LogP contribution in [-0.2, 0) is 4.74 Å². The largest absolute Gasteiger partial charge is 0.478 e. The molecule has 1 aliphatic rings. The number of anilines is 1. The topological polar surface area (TPSA) is 49.8 Å². The van der Waals surface area contributed by atoms with Crippen LogP contribution in [0.3, 0.4) is 0 Å². The number of carboxylic acid groups (broad SMARTS) is 1. The van der Waals surface area contributed by atoms with Gasteiger partial charge in [-0.15, -0.1) is 0 Å². The van der Waals surface area contributed by atoms with Gasteiger partial charge in [0, 0.05) is 6.54 Å². The number of morpholine rings is 1.